The zero-order chi connectivity index (χ0) is 14.1. The van der Waals surface area contributed by atoms with Gasteiger partial charge in [0.2, 0.25) is 0 Å². The maximum Gasteiger partial charge on any atom is 0.0110 e. The van der Waals surface area contributed by atoms with Gasteiger partial charge in [0, 0.05) is 65.4 Å². The van der Waals surface area contributed by atoms with E-state index < -0.39 is 0 Å². The highest BCUT2D eigenvalue weighted by atomic mass is 15.3. The Hall–Kier alpha value is -0.200. The van der Waals surface area contributed by atoms with Gasteiger partial charge < -0.3 is 15.1 Å². The Kier molecular flexibility index (Phi) is 8.57. The average molecular weight is 271 g/mol. The Labute approximate surface area is 119 Å². The Morgan fingerprint density at radius 2 is 1.42 bits per heavy atom. The third kappa shape index (κ3) is 7.84. The van der Waals surface area contributed by atoms with Crippen molar-refractivity contribution in [1.82, 2.24) is 24.9 Å². The molecule has 0 saturated carbocycles. The summed E-state index contributed by atoms with van der Waals surface area (Å²) >= 11 is 0. The Morgan fingerprint density at radius 3 is 1.95 bits per heavy atom. The summed E-state index contributed by atoms with van der Waals surface area (Å²) in [5, 5.41) is 3.22. The highest BCUT2D eigenvalue weighted by molar-refractivity contribution is 4.73. The molecule has 1 N–H and O–H groups in total. The van der Waals surface area contributed by atoms with Crippen LogP contribution in [0.25, 0.3) is 0 Å². The van der Waals surface area contributed by atoms with Gasteiger partial charge in [-0.1, -0.05) is 0 Å². The molecule has 19 heavy (non-hydrogen) atoms. The summed E-state index contributed by atoms with van der Waals surface area (Å²) in [7, 11) is 8.53. The Balaban J connectivity index is 2.05. The molecule has 1 heterocycles. The van der Waals surface area contributed by atoms with Crippen LogP contribution in [0, 0.1) is 0 Å². The summed E-state index contributed by atoms with van der Waals surface area (Å²) in [6.45, 7) is 11.9. The zero-order valence-corrected chi connectivity index (χ0v) is 13.4. The lowest BCUT2D eigenvalue weighted by Crippen LogP contribution is -2.49. The molecule has 0 spiro atoms. The first-order valence-electron chi connectivity index (χ1n) is 7.54. The molecule has 0 amide bonds. The predicted octanol–water partition coefficient (Wildman–Crippen LogP) is -0.683. The quantitative estimate of drug-likeness (QED) is 0.599. The van der Waals surface area contributed by atoms with E-state index in [0.717, 1.165) is 19.6 Å². The summed E-state index contributed by atoms with van der Waals surface area (Å²) in [6.07, 6.45) is 0. The minimum atomic E-state index is 1.10. The largest absolute Gasteiger partial charge is 0.318 e. The lowest BCUT2D eigenvalue weighted by molar-refractivity contribution is 0.122. The van der Waals surface area contributed by atoms with Crippen LogP contribution in [0.3, 0.4) is 0 Å². The van der Waals surface area contributed by atoms with Crippen LogP contribution < -0.4 is 5.32 Å². The van der Waals surface area contributed by atoms with Crippen LogP contribution in [-0.4, -0.2) is 113 Å². The van der Waals surface area contributed by atoms with E-state index in [1.807, 2.05) is 7.05 Å². The van der Waals surface area contributed by atoms with E-state index in [0.29, 0.717) is 0 Å². The molecule has 0 unspecified atom stereocenters. The van der Waals surface area contributed by atoms with Crippen molar-refractivity contribution in [2.24, 2.45) is 0 Å². The molecular formula is C14H33N5. The van der Waals surface area contributed by atoms with Crippen molar-refractivity contribution < 1.29 is 0 Å². The second-order valence-electron chi connectivity index (χ2n) is 5.89. The van der Waals surface area contributed by atoms with Gasteiger partial charge in [0.15, 0.2) is 0 Å². The fourth-order valence-electron chi connectivity index (χ4n) is 2.30. The zero-order valence-electron chi connectivity index (χ0n) is 13.4. The number of nitrogens with zero attached hydrogens (tertiary/aromatic N) is 4. The summed E-state index contributed by atoms with van der Waals surface area (Å²) in [4.78, 5) is 9.84. The van der Waals surface area contributed by atoms with Crippen molar-refractivity contribution >= 4 is 0 Å². The SMILES string of the molecule is CNCCN1CCN(CCN(C)CCN(C)C)CC1. The van der Waals surface area contributed by atoms with Gasteiger partial charge in [0.05, 0.1) is 0 Å². The van der Waals surface area contributed by atoms with Gasteiger partial charge in [-0.2, -0.15) is 0 Å². The molecule has 114 valence electrons. The molecule has 5 nitrogen and oxygen atoms in total. The van der Waals surface area contributed by atoms with E-state index in [9.17, 15) is 0 Å². The Morgan fingerprint density at radius 1 is 0.842 bits per heavy atom. The number of hydrogen-bond acceptors (Lipinski definition) is 5. The molecule has 1 saturated heterocycles. The molecule has 0 atom stereocenters. The lowest BCUT2D eigenvalue weighted by atomic mass is 10.3. The molecule has 0 aromatic carbocycles. The van der Waals surface area contributed by atoms with Crippen LogP contribution in [0.2, 0.25) is 0 Å². The molecule has 1 fully saturated rings. The summed E-state index contributed by atoms with van der Waals surface area (Å²) in [6, 6.07) is 0. The third-order valence-electron chi connectivity index (χ3n) is 3.87. The molecule has 1 rings (SSSR count). The monoisotopic (exact) mass is 271 g/mol. The Bertz CT molecular complexity index is 214. The van der Waals surface area contributed by atoms with E-state index in [4.69, 9.17) is 0 Å². The number of hydrogen-bond donors (Lipinski definition) is 1. The number of likely N-dealkylation sites (N-methyl/N-ethyl adjacent to an activating group) is 3. The molecule has 0 aromatic heterocycles. The summed E-state index contributed by atoms with van der Waals surface area (Å²) in [5.41, 5.74) is 0. The van der Waals surface area contributed by atoms with E-state index in [1.165, 1.54) is 45.8 Å². The van der Waals surface area contributed by atoms with Crippen molar-refractivity contribution in [3.8, 4) is 0 Å². The molecule has 5 heteroatoms. The summed E-state index contributed by atoms with van der Waals surface area (Å²) < 4.78 is 0. The second-order valence-corrected chi connectivity index (χ2v) is 5.89. The smallest absolute Gasteiger partial charge is 0.0110 e. The number of piperazine rings is 1. The van der Waals surface area contributed by atoms with E-state index in [1.54, 1.807) is 0 Å². The molecule has 1 aliphatic heterocycles. The fourth-order valence-corrected chi connectivity index (χ4v) is 2.30. The molecule has 0 aliphatic carbocycles. The van der Waals surface area contributed by atoms with E-state index in [-0.39, 0.29) is 0 Å². The minimum absolute atomic E-state index is 1.10. The first-order valence-corrected chi connectivity index (χ1v) is 7.54. The first-order chi connectivity index (χ1) is 9.11. The molecule has 0 aromatic rings. The standard InChI is InChI=1S/C14H33N5/c1-15-5-6-18-11-13-19(14-12-18)10-9-17(4)8-7-16(2)3/h15H,5-14H2,1-4H3. The van der Waals surface area contributed by atoms with E-state index in [2.05, 4.69) is 46.1 Å². The topological polar surface area (TPSA) is 25.0 Å². The van der Waals surface area contributed by atoms with Crippen LogP contribution in [0.15, 0.2) is 0 Å². The van der Waals surface area contributed by atoms with Crippen molar-refractivity contribution in [1.29, 1.82) is 0 Å². The van der Waals surface area contributed by atoms with Crippen LogP contribution in [0.5, 0.6) is 0 Å². The van der Waals surface area contributed by atoms with Gasteiger partial charge in [-0.3, -0.25) is 9.80 Å². The highest BCUT2D eigenvalue weighted by Gasteiger charge is 2.16. The maximum atomic E-state index is 3.22. The van der Waals surface area contributed by atoms with Crippen LogP contribution in [-0.2, 0) is 0 Å². The molecule has 0 radical (unpaired) electrons. The van der Waals surface area contributed by atoms with Gasteiger partial charge in [-0.05, 0) is 28.2 Å². The van der Waals surface area contributed by atoms with Gasteiger partial charge in [-0.25, -0.2) is 0 Å². The van der Waals surface area contributed by atoms with Gasteiger partial charge in [0.1, 0.15) is 0 Å². The molecular weight excluding hydrogens is 238 g/mol. The lowest BCUT2D eigenvalue weighted by Gasteiger charge is -2.35. The van der Waals surface area contributed by atoms with Gasteiger partial charge >= 0.3 is 0 Å². The van der Waals surface area contributed by atoms with Crippen molar-refractivity contribution in [3.05, 3.63) is 0 Å². The maximum absolute atomic E-state index is 3.22. The van der Waals surface area contributed by atoms with Gasteiger partial charge in [-0.15, -0.1) is 0 Å². The second kappa shape index (κ2) is 9.66. The average Bonchev–Trinajstić information content (AvgIpc) is 2.41. The summed E-state index contributed by atoms with van der Waals surface area (Å²) in [5.74, 6) is 0. The van der Waals surface area contributed by atoms with Crippen molar-refractivity contribution in [2.45, 2.75) is 0 Å². The van der Waals surface area contributed by atoms with Crippen LogP contribution in [0.1, 0.15) is 0 Å². The van der Waals surface area contributed by atoms with Crippen molar-refractivity contribution in [2.75, 3.05) is 93.6 Å². The van der Waals surface area contributed by atoms with Gasteiger partial charge in [0.25, 0.3) is 0 Å². The van der Waals surface area contributed by atoms with Crippen LogP contribution in [0.4, 0.5) is 0 Å². The highest BCUT2D eigenvalue weighted by Crippen LogP contribution is 2.01. The first kappa shape index (κ1) is 16.9. The molecule has 1 aliphatic rings. The fraction of sp³-hybridized carbons (Fsp3) is 1.00. The van der Waals surface area contributed by atoms with Crippen LogP contribution >= 0.6 is 0 Å². The van der Waals surface area contributed by atoms with E-state index >= 15 is 0 Å². The number of rotatable bonds is 9. The third-order valence-corrected chi connectivity index (χ3v) is 3.87. The number of nitrogens with one attached hydrogen (secondary N) is 1. The van der Waals surface area contributed by atoms with Crippen molar-refractivity contribution in [3.63, 3.8) is 0 Å². The predicted molar refractivity (Wildman–Crippen MR) is 82.9 cm³/mol. The normalized spacial score (nSPS) is 18.6. The minimum Gasteiger partial charge on any atom is -0.318 e. The molecule has 0 bridgehead atoms.